The molecule has 3 N–H and O–H groups in total. The normalized spacial score (nSPS) is 21.3. The van der Waals surface area contributed by atoms with Crippen LogP contribution in [0.15, 0.2) is 23.4 Å². The fraction of sp³-hybridized carbons (Fsp3) is 0.538. The van der Waals surface area contributed by atoms with Crippen LogP contribution in [0.25, 0.3) is 0 Å². The first-order chi connectivity index (χ1) is 9.20. The summed E-state index contributed by atoms with van der Waals surface area (Å²) < 4.78 is 5.71. The number of nitrogens with zero attached hydrogens (tertiary/aromatic N) is 3. The Morgan fingerprint density at radius 3 is 3.16 bits per heavy atom. The molecule has 0 spiro atoms. The quantitative estimate of drug-likeness (QED) is 0.367. The van der Waals surface area contributed by atoms with Gasteiger partial charge in [0.05, 0.1) is 0 Å². The van der Waals surface area contributed by atoms with Gasteiger partial charge in [0.15, 0.2) is 5.84 Å². The molecule has 0 aromatic carbocycles. The molecular weight excluding hydrogens is 244 g/mol. The Hall–Kier alpha value is -1.82. The van der Waals surface area contributed by atoms with Crippen molar-refractivity contribution in [2.24, 2.45) is 10.9 Å². The molecule has 1 aromatic heterocycles. The van der Waals surface area contributed by atoms with Crippen LogP contribution in [0.5, 0.6) is 5.88 Å². The fourth-order valence-electron chi connectivity index (χ4n) is 2.23. The number of oxime groups is 1. The van der Waals surface area contributed by atoms with E-state index in [1.54, 1.807) is 18.2 Å². The van der Waals surface area contributed by atoms with E-state index in [0.29, 0.717) is 24.2 Å². The van der Waals surface area contributed by atoms with Crippen molar-refractivity contribution in [2.75, 3.05) is 20.2 Å². The summed E-state index contributed by atoms with van der Waals surface area (Å²) >= 11 is 0. The third kappa shape index (κ3) is 3.57. The highest BCUT2D eigenvalue weighted by molar-refractivity contribution is 5.95. The Labute approximate surface area is 112 Å². The molecule has 1 atom stereocenters. The molecule has 0 radical (unpaired) electrons. The smallest absolute Gasteiger partial charge is 0.213 e. The van der Waals surface area contributed by atoms with Crippen molar-refractivity contribution in [3.63, 3.8) is 0 Å². The van der Waals surface area contributed by atoms with E-state index in [-0.39, 0.29) is 5.84 Å². The Morgan fingerprint density at radius 2 is 2.42 bits per heavy atom. The highest BCUT2D eigenvalue weighted by Crippen LogP contribution is 2.16. The van der Waals surface area contributed by atoms with E-state index in [9.17, 15) is 0 Å². The molecule has 6 nitrogen and oxygen atoms in total. The topological polar surface area (TPSA) is 84.0 Å². The lowest BCUT2D eigenvalue weighted by molar-refractivity contribution is 0.122. The molecule has 2 rings (SSSR count). The number of pyridine rings is 1. The SMILES string of the molecule is CN1CCCCC1COc1cccc(C(N)=NO)n1. The zero-order valence-corrected chi connectivity index (χ0v) is 11.1. The number of nitrogens with two attached hydrogens (primary N) is 1. The second kappa shape index (κ2) is 6.38. The molecule has 1 unspecified atom stereocenters. The Kier molecular flexibility index (Phi) is 4.57. The van der Waals surface area contributed by atoms with Gasteiger partial charge in [0, 0.05) is 12.1 Å². The number of amidine groups is 1. The maximum absolute atomic E-state index is 8.62. The second-order valence-electron chi connectivity index (χ2n) is 4.79. The minimum atomic E-state index is -0.0137. The molecule has 0 saturated carbocycles. The van der Waals surface area contributed by atoms with E-state index in [1.165, 1.54) is 12.8 Å². The fourth-order valence-corrected chi connectivity index (χ4v) is 2.23. The maximum Gasteiger partial charge on any atom is 0.213 e. The first-order valence-corrected chi connectivity index (χ1v) is 6.48. The molecule has 0 bridgehead atoms. The zero-order chi connectivity index (χ0) is 13.7. The summed E-state index contributed by atoms with van der Waals surface area (Å²) in [6.45, 7) is 1.73. The predicted octanol–water partition coefficient (Wildman–Crippen LogP) is 1.04. The average Bonchev–Trinajstić information content (AvgIpc) is 2.46. The lowest BCUT2D eigenvalue weighted by atomic mass is 10.0. The van der Waals surface area contributed by atoms with Crippen molar-refractivity contribution in [1.29, 1.82) is 0 Å². The van der Waals surface area contributed by atoms with E-state index < -0.39 is 0 Å². The van der Waals surface area contributed by atoms with E-state index in [4.69, 9.17) is 15.7 Å². The molecule has 1 aromatic rings. The minimum absolute atomic E-state index is 0.0137. The molecule has 0 aliphatic carbocycles. The highest BCUT2D eigenvalue weighted by Gasteiger charge is 2.19. The molecular formula is C13H20N4O2. The summed E-state index contributed by atoms with van der Waals surface area (Å²) in [5.74, 6) is 0.489. The van der Waals surface area contributed by atoms with Gasteiger partial charge in [-0.2, -0.15) is 0 Å². The van der Waals surface area contributed by atoms with Crippen LogP contribution >= 0.6 is 0 Å². The van der Waals surface area contributed by atoms with Crippen LogP contribution < -0.4 is 10.5 Å². The second-order valence-corrected chi connectivity index (χ2v) is 4.79. The zero-order valence-electron chi connectivity index (χ0n) is 11.1. The summed E-state index contributed by atoms with van der Waals surface area (Å²) in [5, 5.41) is 11.6. The number of hydrogen-bond acceptors (Lipinski definition) is 5. The summed E-state index contributed by atoms with van der Waals surface area (Å²) in [7, 11) is 2.12. The van der Waals surface area contributed by atoms with Gasteiger partial charge < -0.3 is 20.6 Å². The van der Waals surface area contributed by atoms with Gasteiger partial charge in [-0.1, -0.05) is 17.6 Å². The first kappa shape index (κ1) is 13.6. The molecule has 1 fully saturated rings. The van der Waals surface area contributed by atoms with Crippen LogP contribution in [0.1, 0.15) is 25.0 Å². The van der Waals surface area contributed by atoms with Crippen LogP contribution in [0.2, 0.25) is 0 Å². The van der Waals surface area contributed by atoms with Crippen LogP contribution in [0.4, 0.5) is 0 Å². The lowest BCUT2D eigenvalue weighted by Crippen LogP contribution is -2.40. The summed E-state index contributed by atoms with van der Waals surface area (Å²) in [6, 6.07) is 5.66. The lowest BCUT2D eigenvalue weighted by Gasteiger charge is -2.31. The number of hydrogen-bond donors (Lipinski definition) is 2. The van der Waals surface area contributed by atoms with E-state index in [0.717, 1.165) is 13.0 Å². The Morgan fingerprint density at radius 1 is 1.58 bits per heavy atom. The van der Waals surface area contributed by atoms with E-state index >= 15 is 0 Å². The van der Waals surface area contributed by atoms with Gasteiger partial charge in [-0.15, -0.1) is 0 Å². The van der Waals surface area contributed by atoms with Gasteiger partial charge in [-0.3, -0.25) is 0 Å². The predicted molar refractivity (Wildman–Crippen MR) is 72.5 cm³/mol. The van der Waals surface area contributed by atoms with Gasteiger partial charge in [0.25, 0.3) is 0 Å². The summed E-state index contributed by atoms with van der Waals surface area (Å²) in [4.78, 5) is 6.51. The molecule has 1 aliphatic heterocycles. The minimum Gasteiger partial charge on any atom is -0.476 e. The van der Waals surface area contributed by atoms with E-state index in [2.05, 4.69) is 22.1 Å². The molecule has 0 amide bonds. The van der Waals surface area contributed by atoms with Crippen molar-refractivity contribution in [2.45, 2.75) is 25.3 Å². The summed E-state index contributed by atoms with van der Waals surface area (Å²) in [5.41, 5.74) is 5.91. The van der Waals surface area contributed by atoms with Crippen LogP contribution in [0.3, 0.4) is 0 Å². The van der Waals surface area contributed by atoms with Crippen molar-refractivity contribution < 1.29 is 9.94 Å². The van der Waals surface area contributed by atoms with Crippen molar-refractivity contribution in [1.82, 2.24) is 9.88 Å². The third-order valence-electron chi connectivity index (χ3n) is 3.44. The molecule has 1 saturated heterocycles. The molecule has 2 heterocycles. The monoisotopic (exact) mass is 264 g/mol. The van der Waals surface area contributed by atoms with E-state index in [1.807, 2.05) is 0 Å². The van der Waals surface area contributed by atoms with Gasteiger partial charge in [-0.05, 0) is 32.5 Å². The molecule has 1 aliphatic rings. The Balaban J connectivity index is 1.95. The first-order valence-electron chi connectivity index (χ1n) is 6.48. The van der Waals surface area contributed by atoms with Crippen LogP contribution in [0, 0.1) is 0 Å². The molecule has 6 heteroatoms. The number of piperidine rings is 1. The average molecular weight is 264 g/mol. The number of likely N-dealkylation sites (tertiary alicyclic amines) is 1. The number of rotatable bonds is 4. The highest BCUT2D eigenvalue weighted by atomic mass is 16.5. The van der Waals surface area contributed by atoms with Crippen LogP contribution in [-0.2, 0) is 0 Å². The third-order valence-corrected chi connectivity index (χ3v) is 3.44. The van der Waals surface area contributed by atoms with Gasteiger partial charge in [0.1, 0.15) is 12.3 Å². The van der Waals surface area contributed by atoms with Gasteiger partial charge in [-0.25, -0.2) is 4.98 Å². The van der Waals surface area contributed by atoms with Crippen molar-refractivity contribution in [3.05, 3.63) is 23.9 Å². The largest absolute Gasteiger partial charge is 0.476 e. The van der Waals surface area contributed by atoms with Crippen molar-refractivity contribution in [3.8, 4) is 5.88 Å². The Bertz CT molecular complexity index is 450. The molecule has 104 valence electrons. The van der Waals surface area contributed by atoms with Gasteiger partial charge in [0.2, 0.25) is 5.88 Å². The maximum atomic E-state index is 8.62. The summed E-state index contributed by atoms with van der Waals surface area (Å²) in [6.07, 6.45) is 3.65. The van der Waals surface area contributed by atoms with Gasteiger partial charge >= 0.3 is 0 Å². The standard InChI is InChI=1S/C13H20N4O2/c1-17-8-3-2-5-10(17)9-19-12-7-4-6-11(15-12)13(14)16-18/h4,6-7,10,18H,2-3,5,8-9H2,1H3,(H2,14,16). The number of ether oxygens (including phenoxy) is 1. The van der Waals surface area contributed by atoms with Crippen LogP contribution in [-0.4, -0.2) is 47.2 Å². The number of likely N-dealkylation sites (N-methyl/N-ethyl adjacent to an activating group) is 1. The molecule has 19 heavy (non-hydrogen) atoms. The number of aromatic nitrogens is 1. The van der Waals surface area contributed by atoms with Crippen molar-refractivity contribution >= 4 is 5.84 Å².